The number of hydrogen-bond acceptors (Lipinski definition) is 5. The monoisotopic (exact) mass is 446 g/mol. The summed E-state index contributed by atoms with van der Waals surface area (Å²) in [6, 6.07) is 17.1. The van der Waals surface area contributed by atoms with Crippen LogP contribution in [0.1, 0.15) is 26.3 Å². The molecule has 3 rings (SSSR count). The zero-order valence-electron chi connectivity index (χ0n) is 18.8. The van der Waals surface area contributed by atoms with E-state index in [9.17, 15) is 9.59 Å². The van der Waals surface area contributed by atoms with Gasteiger partial charge in [-0.1, -0.05) is 6.08 Å². The van der Waals surface area contributed by atoms with Gasteiger partial charge in [-0.15, -0.1) is 6.58 Å². The van der Waals surface area contributed by atoms with Crippen LogP contribution in [0.25, 0.3) is 0 Å². The normalized spacial score (nSPS) is 10.2. The Morgan fingerprint density at radius 1 is 0.788 bits per heavy atom. The Kier molecular flexibility index (Phi) is 7.70. The van der Waals surface area contributed by atoms with E-state index < -0.39 is 0 Å². The predicted molar refractivity (Wildman–Crippen MR) is 129 cm³/mol. The maximum atomic E-state index is 12.8. The van der Waals surface area contributed by atoms with Crippen LogP contribution < -0.4 is 24.8 Å². The molecule has 0 saturated heterocycles. The number of amides is 2. The van der Waals surface area contributed by atoms with Crippen LogP contribution in [0.5, 0.6) is 17.2 Å². The van der Waals surface area contributed by atoms with Crippen LogP contribution >= 0.6 is 0 Å². The van der Waals surface area contributed by atoms with Crippen LogP contribution in [0, 0.1) is 0 Å². The molecule has 0 heterocycles. The molecule has 0 bridgehead atoms. The second kappa shape index (κ2) is 10.9. The highest BCUT2D eigenvalue weighted by atomic mass is 16.5. The van der Waals surface area contributed by atoms with Crippen molar-refractivity contribution < 1.29 is 23.8 Å². The van der Waals surface area contributed by atoms with Gasteiger partial charge in [0.05, 0.1) is 21.3 Å². The maximum absolute atomic E-state index is 12.8. The van der Waals surface area contributed by atoms with Gasteiger partial charge in [0.2, 0.25) is 0 Å². The largest absolute Gasteiger partial charge is 0.497 e. The second-order valence-electron chi connectivity index (χ2n) is 7.08. The number of hydrogen-bond donors (Lipinski definition) is 2. The molecule has 0 aromatic heterocycles. The first-order valence-electron chi connectivity index (χ1n) is 10.2. The molecule has 2 amide bonds. The number of ether oxygens (including phenoxy) is 3. The molecule has 2 N–H and O–H groups in total. The van der Waals surface area contributed by atoms with Gasteiger partial charge in [0, 0.05) is 28.1 Å². The van der Waals surface area contributed by atoms with E-state index in [-0.39, 0.29) is 11.8 Å². The van der Waals surface area contributed by atoms with Crippen LogP contribution in [0.2, 0.25) is 0 Å². The zero-order valence-corrected chi connectivity index (χ0v) is 18.8. The Labute approximate surface area is 193 Å². The van der Waals surface area contributed by atoms with E-state index in [0.29, 0.717) is 46.2 Å². The minimum absolute atomic E-state index is 0.257. The van der Waals surface area contributed by atoms with Crippen molar-refractivity contribution in [2.24, 2.45) is 0 Å². The van der Waals surface area contributed by atoms with Crippen molar-refractivity contribution in [3.8, 4) is 17.2 Å². The third-order valence-corrected chi connectivity index (χ3v) is 4.94. The fourth-order valence-electron chi connectivity index (χ4n) is 3.27. The standard InChI is InChI=1S/C26H26N2O5/c1-5-6-18-15-19(16-23(32-3)24(18)33-4)26(30)28-20-9-7-17(8-10-20)25(29)27-21-11-13-22(31-2)14-12-21/h5,7-16H,1,6H2,2-4H3,(H,27,29)(H,28,30). The van der Waals surface area contributed by atoms with Gasteiger partial charge in [-0.05, 0) is 67.1 Å². The van der Waals surface area contributed by atoms with Crippen LogP contribution in [0.3, 0.4) is 0 Å². The molecule has 0 aliphatic carbocycles. The Hall–Kier alpha value is -4.26. The molecule has 33 heavy (non-hydrogen) atoms. The summed E-state index contributed by atoms with van der Waals surface area (Å²) >= 11 is 0. The van der Waals surface area contributed by atoms with Gasteiger partial charge in [0.15, 0.2) is 11.5 Å². The van der Waals surface area contributed by atoms with Gasteiger partial charge >= 0.3 is 0 Å². The van der Waals surface area contributed by atoms with E-state index in [0.717, 1.165) is 5.56 Å². The van der Waals surface area contributed by atoms with E-state index >= 15 is 0 Å². The molecule has 3 aromatic carbocycles. The average molecular weight is 447 g/mol. The number of carbonyl (C=O) groups excluding carboxylic acids is 2. The summed E-state index contributed by atoms with van der Waals surface area (Å²) in [5.41, 5.74) is 2.89. The number of anilines is 2. The number of nitrogens with one attached hydrogen (secondary N) is 2. The first kappa shape index (κ1) is 23.4. The maximum Gasteiger partial charge on any atom is 0.255 e. The van der Waals surface area contributed by atoms with Crippen molar-refractivity contribution in [1.82, 2.24) is 0 Å². The van der Waals surface area contributed by atoms with Crippen LogP contribution in [-0.4, -0.2) is 33.1 Å². The summed E-state index contributed by atoms with van der Waals surface area (Å²) in [4.78, 5) is 25.3. The molecular formula is C26H26N2O5. The summed E-state index contributed by atoms with van der Waals surface area (Å²) in [7, 11) is 4.66. The second-order valence-corrected chi connectivity index (χ2v) is 7.08. The van der Waals surface area contributed by atoms with E-state index in [1.807, 2.05) is 0 Å². The van der Waals surface area contributed by atoms with Gasteiger partial charge in [0.1, 0.15) is 5.75 Å². The number of rotatable bonds is 9. The predicted octanol–water partition coefficient (Wildman–Crippen LogP) is 4.95. The van der Waals surface area contributed by atoms with Crippen LogP contribution in [0.4, 0.5) is 11.4 Å². The molecule has 0 unspecified atom stereocenters. The quantitative estimate of drug-likeness (QED) is 0.455. The van der Waals surface area contributed by atoms with Crippen molar-refractivity contribution in [3.63, 3.8) is 0 Å². The molecular weight excluding hydrogens is 420 g/mol. The summed E-state index contributed by atoms with van der Waals surface area (Å²) in [5, 5.41) is 5.66. The lowest BCUT2D eigenvalue weighted by Gasteiger charge is -2.14. The highest BCUT2D eigenvalue weighted by Crippen LogP contribution is 2.33. The SMILES string of the molecule is C=CCc1cc(C(=O)Nc2ccc(C(=O)Nc3ccc(OC)cc3)cc2)cc(OC)c1OC. The van der Waals surface area contributed by atoms with Crippen molar-refractivity contribution in [2.75, 3.05) is 32.0 Å². The van der Waals surface area contributed by atoms with Crippen molar-refractivity contribution in [1.29, 1.82) is 0 Å². The first-order chi connectivity index (χ1) is 16.0. The smallest absolute Gasteiger partial charge is 0.255 e. The lowest BCUT2D eigenvalue weighted by Crippen LogP contribution is -2.14. The lowest BCUT2D eigenvalue weighted by molar-refractivity contribution is 0.101. The molecule has 0 fully saturated rings. The molecule has 170 valence electrons. The molecule has 3 aromatic rings. The van der Waals surface area contributed by atoms with Crippen LogP contribution in [0.15, 0.2) is 73.3 Å². The minimum atomic E-state index is -0.309. The van der Waals surface area contributed by atoms with Gasteiger partial charge in [-0.25, -0.2) is 0 Å². The minimum Gasteiger partial charge on any atom is -0.497 e. The summed E-state index contributed by atoms with van der Waals surface area (Å²) in [5.74, 6) is 1.18. The van der Waals surface area contributed by atoms with E-state index in [4.69, 9.17) is 14.2 Å². The average Bonchev–Trinajstić information content (AvgIpc) is 2.84. The van der Waals surface area contributed by atoms with E-state index in [1.54, 1.807) is 81.0 Å². The zero-order chi connectivity index (χ0) is 23.8. The molecule has 0 radical (unpaired) electrons. The third-order valence-electron chi connectivity index (χ3n) is 4.94. The third kappa shape index (κ3) is 5.71. The van der Waals surface area contributed by atoms with E-state index in [1.165, 1.54) is 7.11 Å². The molecule has 0 spiro atoms. The fourth-order valence-corrected chi connectivity index (χ4v) is 3.27. The molecule has 0 aliphatic heterocycles. The number of benzene rings is 3. The van der Waals surface area contributed by atoms with Gasteiger partial charge in [0.25, 0.3) is 11.8 Å². The molecule has 7 nitrogen and oxygen atoms in total. The van der Waals surface area contributed by atoms with Crippen LogP contribution in [-0.2, 0) is 6.42 Å². The topological polar surface area (TPSA) is 85.9 Å². The molecule has 0 atom stereocenters. The first-order valence-corrected chi connectivity index (χ1v) is 10.2. The Morgan fingerprint density at radius 3 is 1.88 bits per heavy atom. The van der Waals surface area contributed by atoms with E-state index in [2.05, 4.69) is 17.2 Å². The Morgan fingerprint density at radius 2 is 1.36 bits per heavy atom. The Balaban J connectivity index is 1.71. The van der Waals surface area contributed by atoms with Gasteiger partial charge < -0.3 is 24.8 Å². The highest BCUT2D eigenvalue weighted by Gasteiger charge is 2.16. The molecule has 0 aliphatic rings. The van der Waals surface area contributed by atoms with Crippen molar-refractivity contribution in [3.05, 3.63) is 90.0 Å². The van der Waals surface area contributed by atoms with Crippen molar-refractivity contribution in [2.45, 2.75) is 6.42 Å². The number of allylic oxidation sites excluding steroid dienone is 1. The van der Waals surface area contributed by atoms with Gasteiger partial charge in [-0.2, -0.15) is 0 Å². The summed E-state index contributed by atoms with van der Waals surface area (Å²) < 4.78 is 15.9. The summed E-state index contributed by atoms with van der Waals surface area (Å²) in [6.07, 6.45) is 2.26. The number of methoxy groups -OCH3 is 3. The number of carbonyl (C=O) groups is 2. The summed E-state index contributed by atoms with van der Waals surface area (Å²) in [6.45, 7) is 3.75. The highest BCUT2D eigenvalue weighted by molar-refractivity contribution is 6.06. The van der Waals surface area contributed by atoms with Crippen molar-refractivity contribution >= 4 is 23.2 Å². The molecule has 0 saturated carbocycles. The van der Waals surface area contributed by atoms with Gasteiger partial charge in [-0.3, -0.25) is 9.59 Å². The molecule has 7 heteroatoms. The fraction of sp³-hybridized carbons (Fsp3) is 0.154. The lowest BCUT2D eigenvalue weighted by atomic mass is 10.0. The Bertz CT molecular complexity index is 1140.